The summed E-state index contributed by atoms with van der Waals surface area (Å²) < 4.78 is 5.41. The van der Waals surface area contributed by atoms with Crippen LogP contribution in [0.15, 0.2) is 18.3 Å². The molecule has 19 heavy (non-hydrogen) atoms. The maximum atomic E-state index is 11.9. The molecular weight excluding hydrogens is 244 g/mol. The lowest BCUT2D eigenvalue weighted by Crippen LogP contribution is -2.47. The van der Waals surface area contributed by atoms with Crippen LogP contribution in [0.1, 0.15) is 5.56 Å². The molecule has 1 aromatic rings. The molecule has 1 aliphatic rings. The first-order valence-corrected chi connectivity index (χ1v) is 6.39. The minimum absolute atomic E-state index is 0.0826. The van der Waals surface area contributed by atoms with E-state index in [2.05, 4.69) is 15.6 Å². The molecule has 1 saturated heterocycles. The number of ether oxygens (including phenoxy) is 1. The predicted octanol–water partition coefficient (Wildman–Crippen LogP) is -0.248. The zero-order chi connectivity index (χ0) is 13.7. The van der Waals surface area contributed by atoms with Crippen LogP contribution in [0, 0.1) is 0 Å². The number of rotatable bonds is 4. The molecule has 0 aromatic carbocycles. The number of carbonyl (C=O) groups excluding carboxylic acids is 1. The fraction of sp³-hybridized carbons (Fsp3) is 0.538. The van der Waals surface area contributed by atoms with Crippen molar-refractivity contribution in [3.63, 3.8) is 0 Å². The molecule has 104 valence electrons. The van der Waals surface area contributed by atoms with Crippen LogP contribution in [0.5, 0.6) is 0 Å². The highest BCUT2D eigenvalue weighted by Crippen LogP contribution is 2.13. The fourth-order valence-electron chi connectivity index (χ4n) is 2.00. The van der Waals surface area contributed by atoms with Gasteiger partial charge in [0.05, 0.1) is 6.61 Å². The van der Waals surface area contributed by atoms with Crippen LogP contribution >= 0.6 is 0 Å². The average Bonchev–Trinajstić information content (AvgIpc) is 2.46. The van der Waals surface area contributed by atoms with Crippen molar-refractivity contribution in [2.24, 2.45) is 0 Å². The minimum Gasteiger partial charge on any atom is -0.366 e. The number of amides is 1. The topological polar surface area (TPSA) is 66.5 Å². The Bertz CT molecular complexity index is 430. The van der Waals surface area contributed by atoms with Gasteiger partial charge in [0.2, 0.25) is 0 Å². The summed E-state index contributed by atoms with van der Waals surface area (Å²) in [5.74, 6) is 0.784. The van der Waals surface area contributed by atoms with Crippen molar-refractivity contribution in [3.8, 4) is 0 Å². The largest absolute Gasteiger partial charge is 0.366 e. The number of hydrogen-bond acceptors (Lipinski definition) is 5. The highest BCUT2D eigenvalue weighted by atomic mass is 16.5. The van der Waals surface area contributed by atoms with E-state index in [0.29, 0.717) is 19.7 Å². The van der Waals surface area contributed by atoms with Gasteiger partial charge in [0.25, 0.3) is 5.91 Å². The molecule has 6 heteroatoms. The van der Waals surface area contributed by atoms with Gasteiger partial charge in [-0.25, -0.2) is 4.98 Å². The van der Waals surface area contributed by atoms with Gasteiger partial charge in [0.1, 0.15) is 11.9 Å². The Labute approximate surface area is 113 Å². The van der Waals surface area contributed by atoms with Crippen LogP contribution in [0.25, 0.3) is 0 Å². The molecule has 0 bridgehead atoms. The van der Waals surface area contributed by atoms with Crippen molar-refractivity contribution in [3.05, 3.63) is 23.9 Å². The third-order valence-corrected chi connectivity index (χ3v) is 2.96. The second kappa shape index (κ2) is 6.49. The monoisotopic (exact) mass is 264 g/mol. The molecule has 1 aliphatic heterocycles. The van der Waals surface area contributed by atoms with Gasteiger partial charge in [-0.15, -0.1) is 0 Å². The summed E-state index contributed by atoms with van der Waals surface area (Å²) >= 11 is 0. The van der Waals surface area contributed by atoms with Crippen LogP contribution in [-0.2, 0) is 16.1 Å². The number of hydrogen-bond donors (Lipinski definition) is 2. The van der Waals surface area contributed by atoms with E-state index in [1.165, 1.54) is 0 Å². The van der Waals surface area contributed by atoms with Gasteiger partial charge in [0, 0.05) is 45.5 Å². The van der Waals surface area contributed by atoms with Crippen molar-refractivity contribution >= 4 is 11.7 Å². The summed E-state index contributed by atoms with van der Waals surface area (Å²) in [5, 5.41) is 6.03. The lowest BCUT2D eigenvalue weighted by molar-refractivity contribution is -0.134. The molecule has 1 aromatic heterocycles. The quantitative estimate of drug-likeness (QED) is 0.785. The summed E-state index contributed by atoms with van der Waals surface area (Å²) in [6.07, 6.45) is 1.35. The molecule has 0 aliphatic carbocycles. The van der Waals surface area contributed by atoms with E-state index in [-0.39, 0.29) is 5.91 Å². The van der Waals surface area contributed by atoms with Gasteiger partial charge in [-0.1, -0.05) is 6.07 Å². The first kappa shape index (κ1) is 13.8. The summed E-state index contributed by atoms with van der Waals surface area (Å²) in [4.78, 5) is 18.2. The van der Waals surface area contributed by atoms with Gasteiger partial charge in [0.15, 0.2) is 0 Å². The zero-order valence-electron chi connectivity index (χ0n) is 11.3. The normalized spacial score (nSPS) is 18.9. The Morgan fingerprint density at radius 2 is 2.47 bits per heavy atom. The van der Waals surface area contributed by atoms with Gasteiger partial charge in [-0.2, -0.15) is 0 Å². The van der Waals surface area contributed by atoms with Crippen molar-refractivity contribution < 1.29 is 9.53 Å². The third kappa shape index (κ3) is 3.65. The molecular formula is C13H20N4O2. The molecule has 1 atom stereocenters. The minimum atomic E-state index is -0.395. The Hall–Kier alpha value is -1.66. The van der Waals surface area contributed by atoms with Crippen molar-refractivity contribution in [1.82, 2.24) is 15.6 Å². The van der Waals surface area contributed by atoms with E-state index in [0.717, 1.165) is 17.9 Å². The van der Waals surface area contributed by atoms with E-state index in [4.69, 9.17) is 4.74 Å². The molecule has 2 N–H and O–H groups in total. The number of pyridine rings is 1. The second-order valence-electron chi connectivity index (χ2n) is 4.66. The lowest BCUT2D eigenvalue weighted by Gasteiger charge is -2.23. The number of morpholine rings is 1. The lowest BCUT2D eigenvalue weighted by atomic mass is 10.2. The number of anilines is 1. The summed E-state index contributed by atoms with van der Waals surface area (Å²) in [7, 11) is 3.86. The fourth-order valence-corrected chi connectivity index (χ4v) is 2.00. The molecule has 0 radical (unpaired) electrons. The van der Waals surface area contributed by atoms with Crippen molar-refractivity contribution in [1.29, 1.82) is 0 Å². The first-order valence-electron chi connectivity index (χ1n) is 6.39. The van der Waals surface area contributed by atoms with Gasteiger partial charge >= 0.3 is 0 Å². The van der Waals surface area contributed by atoms with E-state index < -0.39 is 6.10 Å². The van der Waals surface area contributed by atoms with Crippen LogP contribution in [-0.4, -0.2) is 50.8 Å². The van der Waals surface area contributed by atoms with Crippen LogP contribution < -0.4 is 15.5 Å². The highest BCUT2D eigenvalue weighted by molar-refractivity contribution is 5.81. The smallest absolute Gasteiger partial charge is 0.250 e. The zero-order valence-corrected chi connectivity index (χ0v) is 11.3. The van der Waals surface area contributed by atoms with Gasteiger partial charge < -0.3 is 20.3 Å². The predicted molar refractivity (Wildman–Crippen MR) is 73.0 cm³/mol. The Kier molecular flexibility index (Phi) is 4.70. The summed E-state index contributed by atoms with van der Waals surface area (Å²) in [6, 6.07) is 3.83. The van der Waals surface area contributed by atoms with Crippen molar-refractivity contribution in [2.45, 2.75) is 12.6 Å². The molecule has 0 saturated carbocycles. The number of nitrogens with zero attached hydrogens (tertiary/aromatic N) is 2. The molecule has 1 fully saturated rings. The van der Waals surface area contributed by atoms with Crippen LogP contribution in [0.2, 0.25) is 0 Å². The molecule has 0 spiro atoms. The summed E-state index contributed by atoms with van der Waals surface area (Å²) in [5.41, 5.74) is 0.990. The number of carbonyl (C=O) groups is 1. The van der Waals surface area contributed by atoms with E-state index in [1.54, 1.807) is 6.20 Å². The maximum absolute atomic E-state index is 11.9. The van der Waals surface area contributed by atoms with Crippen molar-refractivity contribution in [2.75, 3.05) is 38.7 Å². The van der Waals surface area contributed by atoms with Crippen LogP contribution in [0.4, 0.5) is 5.82 Å². The standard InChI is InChI=1S/C13H20N4O2/c1-17(2)12-10(4-3-5-15-12)8-16-13(18)11-9-14-6-7-19-11/h3-5,11,14H,6-9H2,1-2H3,(H,16,18)/t11-/m1/s1. The molecule has 2 heterocycles. The molecule has 2 rings (SSSR count). The summed E-state index contributed by atoms with van der Waals surface area (Å²) in [6.45, 7) is 2.41. The number of aromatic nitrogens is 1. The van der Waals surface area contributed by atoms with E-state index >= 15 is 0 Å². The molecule has 0 unspecified atom stereocenters. The average molecular weight is 264 g/mol. The Morgan fingerprint density at radius 1 is 1.63 bits per heavy atom. The SMILES string of the molecule is CN(C)c1ncccc1CNC(=O)[C@H]1CNCCO1. The Balaban J connectivity index is 1.93. The maximum Gasteiger partial charge on any atom is 0.250 e. The van der Waals surface area contributed by atoms with E-state index in [1.807, 2.05) is 31.1 Å². The molecule has 6 nitrogen and oxygen atoms in total. The third-order valence-electron chi connectivity index (χ3n) is 2.96. The molecule has 1 amide bonds. The second-order valence-corrected chi connectivity index (χ2v) is 4.66. The van der Waals surface area contributed by atoms with E-state index in [9.17, 15) is 4.79 Å². The van der Waals surface area contributed by atoms with Gasteiger partial charge in [-0.05, 0) is 6.07 Å². The number of nitrogens with one attached hydrogen (secondary N) is 2. The van der Waals surface area contributed by atoms with Gasteiger partial charge in [-0.3, -0.25) is 4.79 Å². The highest BCUT2D eigenvalue weighted by Gasteiger charge is 2.21. The van der Waals surface area contributed by atoms with Crippen LogP contribution in [0.3, 0.4) is 0 Å². The first-order chi connectivity index (χ1) is 9.18. The Morgan fingerprint density at radius 3 is 3.16 bits per heavy atom.